The number of non-ortho nitro benzene ring substituents is 1. The molecule has 0 atom stereocenters. The predicted octanol–water partition coefficient (Wildman–Crippen LogP) is 4.16. The lowest BCUT2D eigenvalue weighted by Gasteiger charge is -2.08. The molecule has 2 rings (SSSR count). The molecule has 0 saturated carbocycles. The fraction of sp³-hybridized carbons (Fsp3) is 0.154. The summed E-state index contributed by atoms with van der Waals surface area (Å²) in [6.07, 6.45) is 0. The topological polar surface area (TPSA) is 65.3 Å². The molecule has 0 fully saturated rings. The molecule has 0 spiro atoms. The highest BCUT2D eigenvalue weighted by molar-refractivity contribution is 9.10. The first-order chi connectivity index (χ1) is 8.97. The Hall–Kier alpha value is -1.95. The van der Waals surface area contributed by atoms with Gasteiger partial charge in [-0.3, -0.25) is 10.1 Å². The zero-order valence-corrected chi connectivity index (χ0v) is 12.0. The number of pyridine rings is 1. The summed E-state index contributed by atoms with van der Waals surface area (Å²) >= 11 is 3.36. The molecule has 1 heterocycles. The van der Waals surface area contributed by atoms with Gasteiger partial charge in [0.15, 0.2) is 0 Å². The Morgan fingerprint density at radius 1 is 1.26 bits per heavy atom. The van der Waals surface area contributed by atoms with E-state index in [9.17, 15) is 10.1 Å². The van der Waals surface area contributed by atoms with Crippen LogP contribution in [0.1, 0.15) is 11.3 Å². The molecular weight excluding hydrogens is 312 g/mol. The van der Waals surface area contributed by atoms with Crippen LogP contribution in [0.5, 0.6) is 11.6 Å². The van der Waals surface area contributed by atoms with Crippen LogP contribution in [-0.2, 0) is 0 Å². The van der Waals surface area contributed by atoms with E-state index in [1.807, 2.05) is 13.0 Å². The first kappa shape index (κ1) is 13.5. The van der Waals surface area contributed by atoms with Crippen molar-refractivity contribution < 1.29 is 9.66 Å². The first-order valence-electron chi connectivity index (χ1n) is 5.53. The Kier molecular flexibility index (Phi) is 3.80. The van der Waals surface area contributed by atoms with E-state index >= 15 is 0 Å². The minimum Gasteiger partial charge on any atom is -0.439 e. The van der Waals surface area contributed by atoms with Crippen LogP contribution in [0.2, 0.25) is 0 Å². The molecule has 0 saturated heterocycles. The Bertz CT molecular complexity index is 644. The number of hydrogen-bond donors (Lipinski definition) is 0. The molecule has 1 aromatic carbocycles. The molecule has 2 aromatic rings. The van der Waals surface area contributed by atoms with Gasteiger partial charge < -0.3 is 4.74 Å². The molecule has 0 unspecified atom stereocenters. The lowest BCUT2D eigenvalue weighted by atomic mass is 10.2. The lowest BCUT2D eigenvalue weighted by Crippen LogP contribution is -1.94. The maximum atomic E-state index is 10.7. The second-order valence-corrected chi connectivity index (χ2v) is 4.88. The summed E-state index contributed by atoms with van der Waals surface area (Å²) in [4.78, 5) is 14.5. The summed E-state index contributed by atoms with van der Waals surface area (Å²) in [6, 6.07) is 8.04. The summed E-state index contributed by atoms with van der Waals surface area (Å²) < 4.78 is 6.53. The van der Waals surface area contributed by atoms with Gasteiger partial charge in [0.2, 0.25) is 5.88 Å². The maximum absolute atomic E-state index is 10.7. The fourth-order valence-corrected chi connectivity index (χ4v) is 1.77. The van der Waals surface area contributed by atoms with Crippen molar-refractivity contribution in [1.82, 2.24) is 4.98 Å². The Morgan fingerprint density at radius 2 is 2.00 bits per heavy atom. The Balaban J connectivity index is 2.28. The van der Waals surface area contributed by atoms with Gasteiger partial charge in [-0.25, -0.2) is 4.98 Å². The summed E-state index contributed by atoms with van der Waals surface area (Å²) in [5, 5.41) is 10.7. The largest absolute Gasteiger partial charge is 0.439 e. The van der Waals surface area contributed by atoms with Crippen LogP contribution in [0.4, 0.5) is 5.69 Å². The third-order valence-electron chi connectivity index (χ3n) is 2.58. The smallest absolute Gasteiger partial charge is 0.269 e. The van der Waals surface area contributed by atoms with Gasteiger partial charge in [-0.05, 0) is 47.5 Å². The van der Waals surface area contributed by atoms with E-state index in [1.54, 1.807) is 19.1 Å². The Labute approximate surface area is 118 Å². The zero-order valence-electron chi connectivity index (χ0n) is 10.4. The van der Waals surface area contributed by atoms with E-state index in [-0.39, 0.29) is 5.69 Å². The second-order valence-electron chi connectivity index (χ2n) is 4.03. The maximum Gasteiger partial charge on any atom is 0.269 e. The second kappa shape index (κ2) is 5.36. The van der Waals surface area contributed by atoms with Crippen LogP contribution in [0.3, 0.4) is 0 Å². The van der Waals surface area contributed by atoms with E-state index in [4.69, 9.17) is 4.74 Å². The highest BCUT2D eigenvalue weighted by atomic mass is 79.9. The van der Waals surface area contributed by atoms with Crippen molar-refractivity contribution in [3.05, 3.63) is 56.2 Å². The molecule has 5 nitrogen and oxygen atoms in total. The third kappa shape index (κ3) is 3.08. The summed E-state index contributed by atoms with van der Waals surface area (Å²) in [5.74, 6) is 1.01. The number of benzene rings is 1. The average Bonchev–Trinajstić information content (AvgIpc) is 2.36. The van der Waals surface area contributed by atoms with E-state index in [0.29, 0.717) is 17.2 Å². The molecule has 0 aliphatic heterocycles. The molecule has 0 bridgehead atoms. The molecule has 19 heavy (non-hydrogen) atoms. The Morgan fingerprint density at radius 3 is 2.58 bits per heavy atom. The van der Waals surface area contributed by atoms with Crippen molar-refractivity contribution >= 4 is 21.6 Å². The van der Waals surface area contributed by atoms with Gasteiger partial charge in [-0.2, -0.15) is 0 Å². The van der Waals surface area contributed by atoms with Crippen LogP contribution >= 0.6 is 15.9 Å². The number of hydrogen-bond acceptors (Lipinski definition) is 4. The number of halogens is 1. The molecular formula is C13H11BrN2O3. The molecule has 0 aliphatic carbocycles. The van der Waals surface area contributed by atoms with Gasteiger partial charge in [0.05, 0.1) is 10.6 Å². The van der Waals surface area contributed by atoms with Crippen LogP contribution in [0, 0.1) is 24.0 Å². The van der Waals surface area contributed by atoms with Crippen molar-refractivity contribution in [2.75, 3.05) is 0 Å². The minimum atomic E-state index is -0.432. The number of aryl methyl sites for hydroxylation is 2. The van der Waals surface area contributed by atoms with Crippen LogP contribution in [0.25, 0.3) is 0 Å². The average molecular weight is 323 g/mol. The van der Waals surface area contributed by atoms with Crippen molar-refractivity contribution in [1.29, 1.82) is 0 Å². The highest BCUT2D eigenvalue weighted by Gasteiger charge is 2.10. The van der Waals surface area contributed by atoms with E-state index in [2.05, 4.69) is 20.9 Å². The van der Waals surface area contributed by atoms with Crippen molar-refractivity contribution in [2.45, 2.75) is 13.8 Å². The van der Waals surface area contributed by atoms with Gasteiger partial charge in [0, 0.05) is 22.7 Å². The normalized spacial score (nSPS) is 10.3. The van der Waals surface area contributed by atoms with Gasteiger partial charge in [-0.15, -0.1) is 0 Å². The number of nitro groups is 1. The molecule has 0 radical (unpaired) electrons. The van der Waals surface area contributed by atoms with Crippen LogP contribution < -0.4 is 4.74 Å². The number of nitrogens with zero attached hydrogens (tertiary/aromatic N) is 2. The highest BCUT2D eigenvalue weighted by Crippen LogP contribution is 2.28. The number of ether oxygens (including phenoxy) is 1. The molecule has 6 heteroatoms. The lowest BCUT2D eigenvalue weighted by molar-refractivity contribution is -0.384. The predicted molar refractivity (Wildman–Crippen MR) is 74.6 cm³/mol. The summed E-state index contributed by atoms with van der Waals surface area (Å²) in [5.41, 5.74) is 1.55. The standard InChI is InChI=1S/C13H11BrN2O3/c1-8-7-10(16(17)18)3-5-12(8)19-13-6-4-11(14)9(2)15-13/h3-7H,1-2H3. The van der Waals surface area contributed by atoms with Gasteiger partial charge in [0.1, 0.15) is 5.75 Å². The fourth-order valence-electron chi connectivity index (χ4n) is 1.55. The van der Waals surface area contributed by atoms with Crippen molar-refractivity contribution in [3.63, 3.8) is 0 Å². The molecule has 98 valence electrons. The molecule has 0 N–H and O–H groups in total. The van der Waals surface area contributed by atoms with E-state index in [1.165, 1.54) is 12.1 Å². The van der Waals surface area contributed by atoms with Crippen molar-refractivity contribution in [3.8, 4) is 11.6 Å². The van der Waals surface area contributed by atoms with Gasteiger partial charge >= 0.3 is 0 Å². The SMILES string of the molecule is Cc1cc([N+](=O)[O-])ccc1Oc1ccc(Br)c(C)n1. The summed E-state index contributed by atoms with van der Waals surface area (Å²) in [6.45, 7) is 3.62. The number of aromatic nitrogens is 1. The van der Waals surface area contributed by atoms with E-state index < -0.39 is 4.92 Å². The van der Waals surface area contributed by atoms with Gasteiger partial charge in [0.25, 0.3) is 5.69 Å². The monoisotopic (exact) mass is 322 g/mol. The molecule has 1 aromatic heterocycles. The van der Waals surface area contributed by atoms with Crippen LogP contribution in [0.15, 0.2) is 34.8 Å². The van der Waals surface area contributed by atoms with Crippen molar-refractivity contribution in [2.24, 2.45) is 0 Å². The minimum absolute atomic E-state index is 0.0461. The summed E-state index contributed by atoms with van der Waals surface area (Å²) in [7, 11) is 0. The number of nitro benzene ring substituents is 1. The van der Waals surface area contributed by atoms with Gasteiger partial charge in [-0.1, -0.05) is 0 Å². The van der Waals surface area contributed by atoms with Crippen LogP contribution in [-0.4, -0.2) is 9.91 Å². The quantitative estimate of drug-likeness (QED) is 0.628. The van der Waals surface area contributed by atoms with E-state index in [0.717, 1.165) is 10.2 Å². The third-order valence-corrected chi connectivity index (χ3v) is 3.42. The number of rotatable bonds is 3. The molecule has 0 aliphatic rings. The first-order valence-corrected chi connectivity index (χ1v) is 6.32. The zero-order chi connectivity index (χ0) is 14.0. The molecule has 0 amide bonds.